The van der Waals surface area contributed by atoms with E-state index in [9.17, 15) is 4.79 Å². The second-order valence-corrected chi connectivity index (χ2v) is 4.95. The molecule has 0 aromatic rings. The molecular weight excluding hydrogens is 230 g/mol. The summed E-state index contributed by atoms with van der Waals surface area (Å²) in [7, 11) is 0. The van der Waals surface area contributed by atoms with E-state index >= 15 is 0 Å². The van der Waals surface area contributed by atoms with Crippen molar-refractivity contribution in [3.05, 3.63) is 0 Å². The third kappa shape index (κ3) is 6.31. The molecule has 0 atom stereocenters. The first-order valence-corrected chi connectivity index (χ1v) is 6.72. The van der Waals surface area contributed by atoms with E-state index in [4.69, 9.17) is 0 Å². The van der Waals surface area contributed by atoms with Gasteiger partial charge in [0.15, 0.2) is 0 Å². The van der Waals surface area contributed by atoms with Gasteiger partial charge in [-0.15, -0.1) is 12.4 Å². The fourth-order valence-corrected chi connectivity index (χ4v) is 2.64. The Morgan fingerprint density at radius 1 is 1.20 bits per heavy atom. The normalized spacial score (nSPS) is 15.5. The van der Waals surface area contributed by atoms with Crippen molar-refractivity contribution in [2.75, 3.05) is 12.3 Å². The molecule has 1 rings (SSSR count). The van der Waals surface area contributed by atoms with E-state index in [2.05, 4.69) is 6.92 Å². The lowest BCUT2D eigenvalue weighted by molar-refractivity contribution is -0.124. The van der Waals surface area contributed by atoms with Crippen molar-refractivity contribution in [3.8, 4) is 0 Å². The first-order valence-electron chi connectivity index (χ1n) is 5.78. The van der Waals surface area contributed by atoms with Gasteiger partial charge in [0.05, 0.1) is 0 Å². The van der Waals surface area contributed by atoms with E-state index in [1.54, 1.807) is 11.9 Å². The van der Waals surface area contributed by atoms with Crippen molar-refractivity contribution in [1.29, 1.82) is 0 Å². The van der Waals surface area contributed by atoms with Crippen LogP contribution in [0.25, 0.3) is 0 Å². The lowest BCUT2D eigenvalue weighted by Gasteiger charge is -2.12. The number of hydrogen-bond donors (Lipinski definition) is 0. The summed E-state index contributed by atoms with van der Waals surface area (Å²) >= 11 is 1.70. The monoisotopic (exact) mass is 251 g/mol. The largest absolute Gasteiger partial charge is 0.286 e. The third-order valence-corrected chi connectivity index (χ3v) is 3.64. The van der Waals surface area contributed by atoms with Crippen LogP contribution in [-0.2, 0) is 4.79 Å². The molecule has 1 fully saturated rings. The second-order valence-electron chi connectivity index (χ2n) is 3.85. The van der Waals surface area contributed by atoms with Gasteiger partial charge in [-0.3, -0.25) is 9.10 Å². The lowest BCUT2D eigenvalue weighted by Crippen LogP contribution is -2.19. The van der Waals surface area contributed by atoms with Crippen LogP contribution in [0.15, 0.2) is 0 Å². The van der Waals surface area contributed by atoms with Crippen molar-refractivity contribution in [2.24, 2.45) is 0 Å². The number of halogens is 1. The van der Waals surface area contributed by atoms with E-state index in [-0.39, 0.29) is 12.4 Å². The van der Waals surface area contributed by atoms with E-state index in [0.29, 0.717) is 5.91 Å². The highest BCUT2D eigenvalue weighted by molar-refractivity contribution is 7.97. The van der Waals surface area contributed by atoms with Crippen LogP contribution < -0.4 is 0 Å². The highest BCUT2D eigenvalue weighted by Crippen LogP contribution is 2.21. The van der Waals surface area contributed by atoms with Crippen molar-refractivity contribution < 1.29 is 4.79 Å². The van der Waals surface area contributed by atoms with Gasteiger partial charge < -0.3 is 0 Å². The number of unbranched alkanes of at least 4 members (excludes halogenated alkanes) is 5. The van der Waals surface area contributed by atoms with Gasteiger partial charge in [-0.1, -0.05) is 39.0 Å². The van der Waals surface area contributed by atoms with Crippen molar-refractivity contribution >= 4 is 30.3 Å². The Kier molecular flexibility index (Phi) is 9.41. The maximum absolute atomic E-state index is 11.2. The smallest absolute Gasteiger partial charge is 0.233 e. The molecule has 1 saturated heterocycles. The van der Waals surface area contributed by atoms with Gasteiger partial charge in [-0.2, -0.15) is 0 Å². The highest BCUT2D eigenvalue weighted by atomic mass is 35.5. The third-order valence-electron chi connectivity index (χ3n) is 2.56. The lowest BCUT2D eigenvalue weighted by atomic mass is 10.1. The summed E-state index contributed by atoms with van der Waals surface area (Å²) in [5.41, 5.74) is 0. The number of carbonyl (C=O) groups is 1. The van der Waals surface area contributed by atoms with Gasteiger partial charge >= 0.3 is 0 Å². The predicted molar refractivity (Wildman–Crippen MR) is 69.4 cm³/mol. The molecule has 2 nitrogen and oxygen atoms in total. The molecular formula is C11H22ClNOS. The van der Waals surface area contributed by atoms with Gasteiger partial charge in [-0.05, 0) is 18.4 Å². The summed E-state index contributed by atoms with van der Waals surface area (Å²) in [6.07, 6.45) is 8.57. The molecule has 4 heteroatoms. The average Bonchev–Trinajstić information content (AvgIpc) is 2.58. The zero-order valence-corrected chi connectivity index (χ0v) is 11.2. The Hall–Kier alpha value is 0.110. The predicted octanol–water partition coefficient (Wildman–Crippen LogP) is 3.65. The Morgan fingerprint density at radius 2 is 1.87 bits per heavy atom. The highest BCUT2D eigenvalue weighted by Gasteiger charge is 2.19. The molecule has 15 heavy (non-hydrogen) atoms. The van der Waals surface area contributed by atoms with Gasteiger partial charge in [-0.25, -0.2) is 0 Å². The summed E-state index contributed by atoms with van der Waals surface area (Å²) in [5, 5.41) is 0. The summed E-state index contributed by atoms with van der Waals surface area (Å²) in [4.78, 5) is 11.2. The number of hydrogen-bond acceptors (Lipinski definition) is 2. The average molecular weight is 252 g/mol. The molecule has 1 amide bonds. The summed E-state index contributed by atoms with van der Waals surface area (Å²) in [5.74, 6) is 1.33. The minimum Gasteiger partial charge on any atom is -0.286 e. The number of amides is 1. The zero-order valence-electron chi connectivity index (χ0n) is 9.54. The molecule has 0 N–H and O–H groups in total. The van der Waals surface area contributed by atoms with E-state index < -0.39 is 0 Å². The quantitative estimate of drug-likeness (QED) is 0.509. The molecule has 0 aromatic carbocycles. The van der Waals surface area contributed by atoms with Crippen molar-refractivity contribution in [2.45, 2.75) is 51.9 Å². The molecule has 0 aromatic heterocycles. The summed E-state index contributed by atoms with van der Waals surface area (Å²) in [6.45, 7) is 3.20. The van der Waals surface area contributed by atoms with Crippen molar-refractivity contribution in [1.82, 2.24) is 4.31 Å². The van der Waals surface area contributed by atoms with Gasteiger partial charge in [0.2, 0.25) is 5.91 Å². The summed E-state index contributed by atoms with van der Waals surface area (Å²) < 4.78 is 1.94. The molecule has 1 aliphatic heterocycles. The van der Waals surface area contributed by atoms with E-state index in [1.165, 1.54) is 38.5 Å². The number of nitrogens with zero attached hydrogens (tertiary/aromatic N) is 1. The van der Waals surface area contributed by atoms with Gasteiger partial charge in [0.1, 0.15) is 0 Å². The SMILES string of the molecule is CCCCCCCCN1SCCC1=O.Cl. The molecule has 0 bridgehead atoms. The Labute approximate surface area is 104 Å². The van der Waals surface area contributed by atoms with Crippen LogP contribution in [0.1, 0.15) is 51.9 Å². The standard InChI is InChI=1S/C11H21NOS.ClH/c1-2-3-4-5-6-7-9-12-11(13)8-10-14-12;/h2-10H2,1H3;1H. The van der Waals surface area contributed by atoms with E-state index in [0.717, 1.165) is 18.7 Å². The Bertz CT molecular complexity index is 178. The van der Waals surface area contributed by atoms with Crippen LogP contribution in [-0.4, -0.2) is 22.5 Å². The molecule has 1 heterocycles. The second kappa shape index (κ2) is 9.34. The van der Waals surface area contributed by atoms with Crippen LogP contribution in [0.2, 0.25) is 0 Å². The maximum Gasteiger partial charge on any atom is 0.233 e. The maximum atomic E-state index is 11.2. The summed E-state index contributed by atoms with van der Waals surface area (Å²) in [6, 6.07) is 0. The molecule has 0 aliphatic carbocycles. The fourth-order valence-electron chi connectivity index (χ4n) is 1.66. The van der Waals surface area contributed by atoms with Gasteiger partial charge in [0.25, 0.3) is 0 Å². The minimum atomic E-state index is 0. The van der Waals surface area contributed by atoms with Crippen LogP contribution in [0.5, 0.6) is 0 Å². The van der Waals surface area contributed by atoms with Crippen LogP contribution in [0.3, 0.4) is 0 Å². The Morgan fingerprint density at radius 3 is 2.47 bits per heavy atom. The first kappa shape index (κ1) is 15.1. The fraction of sp³-hybridized carbons (Fsp3) is 0.909. The molecule has 0 saturated carbocycles. The number of rotatable bonds is 7. The minimum absolute atomic E-state index is 0. The molecule has 90 valence electrons. The zero-order chi connectivity index (χ0) is 10.2. The topological polar surface area (TPSA) is 20.3 Å². The molecule has 0 unspecified atom stereocenters. The number of carbonyl (C=O) groups excluding carboxylic acids is 1. The molecule has 1 aliphatic rings. The van der Waals surface area contributed by atoms with Gasteiger partial charge in [0, 0.05) is 18.7 Å². The van der Waals surface area contributed by atoms with Crippen LogP contribution in [0.4, 0.5) is 0 Å². The molecule has 0 spiro atoms. The van der Waals surface area contributed by atoms with Crippen LogP contribution >= 0.6 is 24.4 Å². The molecule has 0 radical (unpaired) electrons. The van der Waals surface area contributed by atoms with Crippen LogP contribution in [0, 0.1) is 0 Å². The van der Waals surface area contributed by atoms with E-state index in [1.807, 2.05) is 4.31 Å². The first-order chi connectivity index (χ1) is 6.84. The Balaban J connectivity index is 0.00000196. The van der Waals surface area contributed by atoms with Crippen molar-refractivity contribution in [3.63, 3.8) is 0 Å².